The van der Waals surface area contributed by atoms with Gasteiger partial charge in [-0.25, -0.2) is 17.6 Å². The van der Waals surface area contributed by atoms with Crippen molar-refractivity contribution in [3.63, 3.8) is 0 Å². The predicted octanol–water partition coefficient (Wildman–Crippen LogP) is 2.53. The SMILES string of the molecule is O=C(O)Cc1c(C(F)F)ccc(F)c1F. The van der Waals surface area contributed by atoms with Crippen molar-refractivity contribution < 1.29 is 27.5 Å². The number of carbonyl (C=O) groups is 1. The Morgan fingerprint density at radius 2 is 1.93 bits per heavy atom. The highest BCUT2D eigenvalue weighted by Crippen LogP contribution is 2.26. The number of carboxylic acid groups (broad SMARTS) is 1. The maximum atomic E-state index is 13.0. The lowest BCUT2D eigenvalue weighted by Gasteiger charge is -2.08. The molecule has 0 aromatic heterocycles. The first-order valence-corrected chi connectivity index (χ1v) is 3.90. The average Bonchev–Trinajstić information content (AvgIpc) is 2.12. The van der Waals surface area contributed by atoms with E-state index < -0.39 is 41.6 Å². The van der Waals surface area contributed by atoms with E-state index in [9.17, 15) is 22.4 Å². The van der Waals surface area contributed by atoms with Gasteiger partial charge in [-0.1, -0.05) is 0 Å². The molecule has 2 nitrogen and oxygen atoms in total. The van der Waals surface area contributed by atoms with Crippen LogP contribution in [-0.4, -0.2) is 11.1 Å². The summed E-state index contributed by atoms with van der Waals surface area (Å²) < 4.78 is 50.3. The van der Waals surface area contributed by atoms with Crippen molar-refractivity contribution >= 4 is 5.97 Å². The summed E-state index contributed by atoms with van der Waals surface area (Å²) >= 11 is 0. The molecule has 0 bridgehead atoms. The minimum Gasteiger partial charge on any atom is -0.481 e. The van der Waals surface area contributed by atoms with Gasteiger partial charge in [-0.15, -0.1) is 0 Å². The molecule has 1 rings (SSSR count). The molecule has 0 aliphatic heterocycles. The van der Waals surface area contributed by atoms with Crippen molar-refractivity contribution in [2.45, 2.75) is 12.8 Å². The quantitative estimate of drug-likeness (QED) is 0.798. The van der Waals surface area contributed by atoms with Gasteiger partial charge in [0.25, 0.3) is 6.43 Å². The maximum absolute atomic E-state index is 13.0. The molecule has 82 valence electrons. The highest BCUT2D eigenvalue weighted by molar-refractivity contribution is 5.71. The molecular formula is C9H6F4O2. The third-order valence-electron chi connectivity index (χ3n) is 1.80. The van der Waals surface area contributed by atoms with Crippen molar-refractivity contribution in [3.8, 4) is 0 Å². The first-order chi connectivity index (χ1) is 6.93. The lowest BCUT2D eigenvalue weighted by molar-refractivity contribution is -0.136. The molecule has 0 unspecified atom stereocenters. The van der Waals surface area contributed by atoms with Crippen molar-refractivity contribution in [2.75, 3.05) is 0 Å². The van der Waals surface area contributed by atoms with Gasteiger partial charge in [0.05, 0.1) is 6.42 Å². The summed E-state index contributed by atoms with van der Waals surface area (Å²) in [6.07, 6.45) is -4.00. The van der Waals surface area contributed by atoms with E-state index in [1.807, 2.05) is 0 Å². The van der Waals surface area contributed by atoms with Crippen LogP contribution < -0.4 is 0 Å². The molecule has 0 saturated carbocycles. The van der Waals surface area contributed by atoms with Gasteiger partial charge in [0, 0.05) is 11.1 Å². The summed E-state index contributed by atoms with van der Waals surface area (Å²) in [4.78, 5) is 10.3. The van der Waals surface area contributed by atoms with Crippen LogP contribution in [0, 0.1) is 11.6 Å². The number of benzene rings is 1. The zero-order valence-corrected chi connectivity index (χ0v) is 7.31. The number of hydrogen-bond acceptors (Lipinski definition) is 1. The van der Waals surface area contributed by atoms with Crippen molar-refractivity contribution in [1.82, 2.24) is 0 Å². The van der Waals surface area contributed by atoms with Gasteiger partial charge < -0.3 is 5.11 Å². The second-order valence-electron chi connectivity index (χ2n) is 2.80. The molecule has 0 fully saturated rings. The van der Waals surface area contributed by atoms with Crippen LogP contribution in [0.25, 0.3) is 0 Å². The fourth-order valence-electron chi connectivity index (χ4n) is 1.14. The Morgan fingerprint density at radius 3 is 2.40 bits per heavy atom. The lowest BCUT2D eigenvalue weighted by atomic mass is 10.0. The van der Waals surface area contributed by atoms with Gasteiger partial charge in [-0.3, -0.25) is 4.79 Å². The first kappa shape index (κ1) is 11.5. The first-order valence-electron chi connectivity index (χ1n) is 3.90. The van der Waals surface area contributed by atoms with Crippen LogP contribution in [0.3, 0.4) is 0 Å². The number of carboxylic acids is 1. The monoisotopic (exact) mass is 222 g/mol. The van der Waals surface area contributed by atoms with E-state index in [1.165, 1.54) is 0 Å². The molecule has 1 aromatic carbocycles. The predicted molar refractivity (Wildman–Crippen MR) is 42.7 cm³/mol. The number of alkyl halides is 2. The Morgan fingerprint density at radius 1 is 1.33 bits per heavy atom. The Hall–Kier alpha value is -1.59. The lowest BCUT2D eigenvalue weighted by Crippen LogP contribution is -2.08. The Labute approximate surface area is 82.1 Å². The molecule has 1 aromatic rings. The summed E-state index contributed by atoms with van der Waals surface area (Å²) in [5.74, 6) is -4.37. The highest BCUT2D eigenvalue weighted by atomic mass is 19.3. The fourth-order valence-corrected chi connectivity index (χ4v) is 1.14. The van der Waals surface area contributed by atoms with Crippen LogP contribution in [0.5, 0.6) is 0 Å². The van der Waals surface area contributed by atoms with Gasteiger partial charge in [0.15, 0.2) is 11.6 Å². The average molecular weight is 222 g/mol. The zero-order chi connectivity index (χ0) is 11.6. The van der Waals surface area contributed by atoms with Gasteiger partial charge in [-0.2, -0.15) is 0 Å². The normalized spacial score (nSPS) is 10.7. The highest BCUT2D eigenvalue weighted by Gasteiger charge is 2.21. The van der Waals surface area contributed by atoms with Crippen LogP contribution in [0.2, 0.25) is 0 Å². The van der Waals surface area contributed by atoms with Crippen LogP contribution in [0.4, 0.5) is 17.6 Å². The van der Waals surface area contributed by atoms with Gasteiger partial charge in [0.2, 0.25) is 0 Å². The number of rotatable bonds is 3. The molecule has 0 aliphatic rings. The van der Waals surface area contributed by atoms with E-state index in [0.717, 1.165) is 0 Å². The summed E-state index contributed by atoms with van der Waals surface area (Å²) in [6.45, 7) is 0. The summed E-state index contributed by atoms with van der Waals surface area (Å²) in [5.41, 5.74) is -1.60. The molecule has 0 amide bonds. The molecule has 0 heterocycles. The topological polar surface area (TPSA) is 37.3 Å². The van der Waals surface area contributed by atoms with E-state index in [-0.39, 0.29) is 0 Å². The standard InChI is InChI=1S/C9H6F4O2/c10-6-2-1-4(9(12)13)5(8(6)11)3-7(14)15/h1-2,9H,3H2,(H,14,15). The van der Waals surface area contributed by atoms with Crippen LogP contribution in [0.1, 0.15) is 17.6 Å². The molecular weight excluding hydrogens is 216 g/mol. The van der Waals surface area contributed by atoms with Crippen LogP contribution in [0.15, 0.2) is 12.1 Å². The minimum absolute atomic E-state index is 0.544. The molecule has 0 spiro atoms. The molecule has 6 heteroatoms. The van der Waals surface area contributed by atoms with E-state index in [1.54, 1.807) is 0 Å². The molecule has 0 radical (unpaired) electrons. The maximum Gasteiger partial charge on any atom is 0.307 e. The third-order valence-corrected chi connectivity index (χ3v) is 1.80. The summed E-state index contributed by atoms with van der Waals surface area (Å²) in [7, 11) is 0. The smallest absolute Gasteiger partial charge is 0.307 e. The second-order valence-corrected chi connectivity index (χ2v) is 2.80. The largest absolute Gasteiger partial charge is 0.481 e. The second kappa shape index (κ2) is 4.29. The van der Waals surface area contributed by atoms with E-state index in [2.05, 4.69) is 0 Å². The van der Waals surface area contributed by atoms with Gasteiger partial charge >= 0.3 is 5.97 Å². The Kier molecular flexibility index (Phi) is 3.28. The van der Waals surface area contributed by atoms with E-state index in [0.29, 0.717) is 12.1 Å². The summed E-state index contributed by atoms with van der Waals surface area (Å²) in [6, 6.07) is 1.23. The van der Waals surface area contributed by atoms with E-state index >= 15 is 0 Å². The molecule has 15 heavy (non-hydrogen) atoms. The van der Waals surface area contributed by atoms with Crippen molar-refractivity contribution in [2.24, 2.45) is 0 Å². The van der Waals surface area contributed by atoms with Gasteiger partial charge in [-0.05, 0) is 12.1 Å². The molecule has 1 N–H and O–H groups in total. The fraction of sp³-hybridized carbons (Fsp3) is 0.222. The Balaban J connectivity index is 3.28. The summed E-state index contributed by atoms with van der Waals surface area (Å²) in [5, 5.41) is 8.35. The third kappa shape index (κ3) is 2.45. The van der Waals surface area contributed by atoms with Crippen molar-refractivity contribution in [1.29, 1.82) is 0 Å². The zero-order valence-electron chi connectivity index (χ0n) is 7.31. The Bertz CT molecular complexity index is 390. The molecule has 0 aliphatic carbocycles. The van der Waals surface area contributed by atoms with Gasteiger partial charge in [0.1, 0.15) is 0 Å². The number of halogens is 4. The van der Waals surface area contributed by atoms with Crippen molar-refractivity contribution in [3.05, 3.63) is 34.9 Å². The van der Waals surface area contributed by atoms with Crippen LogP contribution >= 0.6 is 0 Å². The van der Waals surface area contributed by atoms with Crippen LogP contribution in [-0.2, 0) is 11.2 Å². The minimum atomic E-state index is -3.03. The number of aliphatic carboxylic acids is 1. The van der Waals surface area contributed by atoms with E-state index in [4.69, 9.17) is 5.11 Å². The molecule has 0 saturated heterocycles. The molecule has 0 atom stereocenters. The number of hydrogen-bond donors (Lipinski definition) is 1.